The zero-order valence-corrected chi connectivity index (χ0v) is 17.2. The van der Waals surface area contributed by atoms with Crippen LogP contribution in [0.4, 0.5) is 13.2 Å². The number of amides is 1. The highest BCUT2D eigenvalue weighted by Crippen LogP contribution is 2.23. The van der Waals surface area contributed by atoms with E-state index >= 15 is 0 Å². The fourth-order valence-corrected chi connectivity index (χ4v) is 3.63. The Morgan fingerprint density at radius 2 is 1.75 bits per heavy atom. The molecule has 0 spiro atoms. The van der Waals surface area contributed by atoms with Crippen molar-refractivity contribution >= 4 is 15.9 Å². The lowest BCUT2D eigenvalue weighted by Crippen LogP contribution is -2.30. The Morgan fingerprint density at radius 1 is 1.06 bits per heavy atom. The molecule has 170 valence electrons. The van der Waals surface area contributed by atoms with Crippen LogP contribution in [0.5, 0.6) is 5.75 Å². The van der Waals surface area contributed by atoms with Gasteiger partial charge in [0.2, 0.25) is 15.9 Å². The number of alkyl halides is 3. The fraction of sp³-hybridized carbons (Fsp3) is 0.211. The Kier molecular flexibility index (Phi) is 7.10. The largest absolute Gasteiger partial charge is 0.573 e. The van der Waals surface area contributed by atoms with Gasteiger partial charge in [0.05, 0.1) is 10.6 Å². The number of carbonyl (C=O) groups is 1. The zero-order valence-electron chi connectivity index (χ0n) is 16.4. The Balaban J connectivity index is 1.43. The molecule has 13 heteroatoms. The molecule has 0 saturated heterocycles. The summed E-state index contributed by atoms with van der Waals surface area (Å²) < 4.78 is 68.4. The molecule has 9 nitrogen and oxygen atoms in total. The first-order valence-electron chi connectivity index (χ1n) is 9.18. The molecule has 3 aromatic rings. The Morgan fingerprint density at radius 3 is 2.34 bits per heavy atom. The van der Waals surface area contributed by atoms with E-state index in [1.54, 1.807) is 11.0 Å². The van der Waals surface area contributed by atoms with E-state index in [2.05, 4.69) is 24.9 Å². The van der Waals surface area contributed by atoms with Crippen LogP contribution in [0, 0.1) is 0 Å². The number of hydrogen-bond acceptors (Lipinski definition) is 6. The minimum absolute atomic E-state index is 0.120. The van der Waals surface area contributed by atoms with Gasteiger partial charge in [0.1, 0.15) is 18.4 Å². The minimum atomic E-state index is -4.87. The number of nitrogens with zero attached hydrogens (tertiary/aromatic N) is 3. The molecule has 0 bridgehead atoms. The van der Waals surface area contributed by atoms with E-state index in [4.69, 9.17) is 0 Å². The summed E-state index contributed by atoms with van der Waals surface area (Å²) in [6, 6.07) is 11.0. The number of nitrogens with one attached hydrogen (secondary N) is 2. The molecule has 0 fully saturated rings. The quantitative estimate of drug-likeness (QED) is 0.496. The summed E-state index contributed by atoms with van der Waals surface area (Å²) in [5, 5.41) is 6.69. The van der Waals surface area contributed by atoms with Crippen molar-refractivity contribution in [2.24, 2.45) is 0 Å². The lowest BCUT2D eigenvalue weighted by Gasteiger charge is -2.10. The molecule has 0 radical (unpaired) electrons. The first-order valence-corrected chi connectivity index (χ1v) is 10.7. The van der Waals surface area contributed by atoms with E-state index in [9.17, 15) is 26.4 Å². The highest BCUT2D eigenvalue weighted by molar-refractivity contribution is 7.89. The minimum Gasteiger partial charge on any atom is -0.406 e. The second-order valence-corrected chi connectivity index (χ2v) is 8.22. The van der Waals surface area contributed by atoms with Gasteiger partial charge in [-0.2, -0.15) is 5.10 Å². The highest BCUT2D eigenvalue weighted by atomic mass is 32.2. The molecule has 1 amide bonds. The van der Waals surface area contributed by atoms with E-state index < -0.39 is 22.1 Å². The third kappa shape index (κ3) is 6.78. The second kappa shape index (κ2) is 9.78. The van der Waals surface area contributed by atoms with Crippen molar-refractivity contribution in [3.63, 3.8) is 0 Å². The van der Waals surface area contributed by atoms with Crippen LogP contribution in [0.25, 0.3) is 5.69 Å². The predicted octanol–water partition coefficient (Wildman–Crippen LogP) is 2.15. The Labute approximate surface area is 181 Å². The standard InChI is InChI=1S/C19H18F3N5O4S/c20-19(21,22)31-16-5-7-17(8-6-16)32(29,30)26-10-9-18(28)24-11-14-1-3-15(4-2-14)27-13-23-12-25-27/h1-8,12-13,26H,9-11H2,(H,24,28). The monoisotopic (exact) mass is 469 g/mol. The van der Waals surface area contributed by atoms with Crippen LogP contribution in [0.15, 0.2) is 66.1 Å². The molecular formula is C19H18F3N5O4S. The van der Waals surface area contributed by atoms with Gasteiger partial charge in [0.25, 0.3) is 0 Å². The zero-order chi connectivity index (χ0) is 23.2. The number of halogens is 3. The molecule has 0 aliphatic rings. The van der Waals surface area contributed by atoms with E-state index in [0.717, 1.165) is 35.5 Å². The summed E-state index contributed by atoms with van der Waals surface area (Å²) in [6.07, 6.45) is -2.01. The first-order chi connectivity index (χ1) is 15.1. The van der Waals surface area contributed by atoms with Crippen molar-refractivity contribution in [2.45, 2.75) is 24.2 Å². The van der Waals surface area contributed by atoms with E-state index in [1.807, 2.05) is 24.3 Å². The van der Waals surface area contributed by atoms with Gasteiger partial charge in [-0.25, -0.2) is 22.8 Å². The van der Waals surface area contributed by atoms with Gasteiger partial charge in [-0.05, 0) is 42.0 Å². The van der Waals surface area contributed by atoms with E-state index in [0.29, 0.717) is 0 Å². The van der Waals surface area contributed by atoms with Crippen LogP contribution in [-0.2, 0) is 21.4 Å². The summed E-state index contributed by atoms with van der Waals surface area (Å²) in [4.78, 5) is 15.6. The molecule has 32 heavy (non-hydrogen) atoms. The number of carbonyl (C=O) groups excluding carboxylic acids is 1. The van der Waals surface area contributed by atoms with Crippen LogP contribution in [0.1, 0.15) is 12.0 Å². The molecule has 0 atom stereocenters. The number of rotatable bonds is 9. The Hall–Kier alpha value is -3.45. The molecule has 1 heterocycles. The van der Waals surface area contributed by atoms with Gasteiger partial charge < -0.3 is 10.1 Å². The van der Waals surface area contributed by atoms with Crippen LogP contribution in [0.2, 0.25) is 0 Å². The average molecular weight is 469 g/mol. The maximum absolute atomic E-state index is 12.2. The molecule has 0 aliphatic carbocycles. The molecule has 0 saturated carbocycles. The first kappa shape index (κ1) is 23.2. The van der Waals surface area contributed by atoms with Crippen LogP contribution in [0.3, 0.4) is 0 Å². The van der Waals surface area contributed by atoms with Gasteiger partial charge in [-0.3, -0.25) is 4.79 Å². The van der Waals surface area contributed by atoms with Crippen molar-refractivity contribution in [1.82, 2.24) is 24.8 Å². The number of hydrogen-bond donors (Lipinski definition) is 2. The third-order valence-corrected chi connectivity index (χ3v) is 5.60. The van der Waals surface area contributed by atoms with Crippen molar-refractivity contribution in [3.05, 3.63) is 66.7 Å². The van der Waals surface area contributed by atoms with Crippen molar-refractivity contribution in [2.75, 3.05) is 6.54 Å². The number of benzene rings is 2. The molecular weight excluding hydrogens is 451 g/mol. The average Bonchev–Trinajstić information content (AvgIpc) is 3.27. The van der Waals surface area contributed by atoms with Gasteiger partial charge in [-0.15, -0.1) is 13.2 Å². The molecule has 2 aromatic carbocycles. The number of sulfonamides is 1. The van der Waals surface area contributed by atoms with Crippen LogP contribution in [-0.4, -0.2) is 42.0 Å². The number of ether oxygens (including phenoxy) is 1. The van der Waals surface area contributed by atoms with Crippen molar-refractivity contribution in [3.8, 4) is 11.4 Å². The van der Waals surface area contributed by atoms with Crippen molar-refractivity contribution in [1.29, 1.82) is 0 Å². The van der Waals surface area contributed by atoms with Gasteiger partial charge in [0.15, 0.2) is 0 Å². The SMILES string of the molecule is O=C(CCNS(=O)(=O)c1ccc(OC(F)(F)F)cc1)NCc1ccc(-n2cncn2)cc1. The fourth-order valence-electron chi connectivity index (χ4n) is 2.60. The normalized spacial score (nSPS) is 11.8. The molecule has 0 aliphatic heterocycles. The third-order valence-electron chi connectivity index (χ3n) is 4.12. The summed E-state index contributed by atoms with van der Waals surface area (Å²) in [7, 11) is -3.99. The lowest BCUT2D eigenvalue weighted by molar-refractivity contribution is -0.274. The maximum atomic E-state index is 12.2. The summed E-state index contributed by atoms with van der Waals surface area (Å²) in [5.41, 5.74) is 1.65. The second-order valence-electron chi connectivity index (χ2n) is 6.45. The van der Waals surface area contributed by atoms with Crippen LogP contribution >= 0.6 is 0 Å². The summed E-state index contributed by atoms with van der Waals surface area (Å²) in [5.74, 6) is -0.910. The smallest absolute Gasteiger partial charge is 0.406 e. The molecule has 3 rings (SSSR count). The van der Waals surface area contributed by atoms with Gasteiger partial charge in [0, 0.05) is 19.5 Å². The summed E-state index contributed by atoms with van der Waals surface area (Å²) >= 11 is 0. The van der Waals surface area contributed by atoms with E-state index in [-0.39, 0.29) is 30.3 Å². The van der Waals surface area contributed by atoms with Crippen LogP contribution < -0.4 is 14.8 Å². The molecule has 0 unspecified atom stereocenters. The Bertz CT molecular complexity index is 1130. The maximum Gasteiger partial charge on any atom is 0.573 e. The topological polar surface area (TPSA) is 115 Å². The van der Waals surface area contributed by atoms with Gasteiger partial charge in [-0.1, -0.05) is 12.1 Å². The predicted molar refractivity (Wildman–Crippen MR) is 106 cm³/mol. The van der Waals surface area contributed by atoms with Crippen molar-refractivity contribution < 1.29 is 31.1 Å². The molecule has 2 N–H and O–H groups in total. The lowest BCUT2D eigenvalue weighted by atomic mass is 10.2. The highest BCUT2D eigenvalue weighted by Gasteiger charge is 2.31. The molecule has 1 aromatic heterocycles. The van der Waals surface area contributed by atoms with Gasteiger partial charge >= 0.3 is 6.36 Å². The van der Waals surface area contributed by atoms with E-state index in [1.165, 1.54) is 6.33 Å². The number of aromatic nitrogens is 3. The summed E-state index contributed by atoms with van der Waals surface area (Å²) in [6.45, 7) is 0.0735.